The Balaban J connectivity index is 2.26. The first-order chi connectivity index (χ1) is 5.88. The van der Waals surface area contributed by atoms with Gasteiger partial charge < -0.3 is 15.5 Å². The summed E-state index contributed by atoms with van der Waals surface area (Å²) in [5.41, 5.74) is 0. The van der Waals surface area contributed by atoms with Gasteiger partial charge in [0.15, 0.2) is 0 Å². The summed E-state index contributed by atoms with van der Waals surface area (Å²) in [6, 6.07) is 0.427. The quantitative estimate of drug-likeness (QED) is 0.566. The molecule has 0 unspecified atom stereocenters. The van der Waals surface area contributed by atoms with Crippen LogP contribution in [0.4, 0.5) is 0 Å². The highest BCUT2D eigenvalue weighted by molar-refractivity contribution is 4.80. The van der Waals surface area contributed by atoms with Gasteiger partial charge in [0.25, 0.3) is 0 Å². The summed E-state index contributed by atoms with van der Waals surface area (Å²) in [6.07, 6.45) is 4.76. The van der Waals surface area contributed by atoms with Gasteiger partial charge in [-0.1, -0.05) is 12.8 Å². The Morgan fingerprint density at radius 2 is 1.92 bits per heavy atom. The monoisotopic (exact) mass is 173 g/mol. The summed E-state index contributed by atoms with van der Waals surface area (Å²) in [7, 11) is 0. The summed E-state index contributed by atoms with van der Waals surface area (Å²) in [6.45, 7) is 1.12. The van der Waals surface area contributed by atoms with E-state index in [0.717, 1.165) is 12.8 Å². The summed E-state index contributed by atoms with van der Waals surface area (Å²) >= 11 is 0. The Hall–Kier alpha value is -0.120. The van der Waals surface area contributed by atoms with E-state index in [9.17, 15) is 0 Å². The van der Waals surface area contributed by atoms with E-state index in [4.69, 9.17) is 10.2 Å². The largest absolute Gasteiger partial charge is 0.396 e. The molecule has 1 aliphatic carbocycles. The lowest BCUT2D eigenvalue weighted by Crippen LogP contribution is -2.41. The topological polar surface area (TPSA) is 52.5 Å². The zero-order valence-electron chi connectivity index (χ0n) is 7.50. The van der Waals surface area contributed by atoms with Crippen molar-refractivity contribution in [2.45, 2.75) is 31.7 Å². The predicted molar refractivity (Wildman–Crippen MR) is 47.9 cm³/mol. The van der Waals surface area contributed by atoms with Gasteiger partial charge in [0.05, 0.1) is 6.61 Å². The number of aliphatic hydroxyl groups excluding tert-OH is 2. The molecule has 0 aliphatic heterocycles. The van der Waals surface area contributed by atoms with Crippen LogP contribution in [-0.4, -0.2) is 36.0 Å². The highest BCUT2D eigenvalue weighted by Gasteiger charge is 2.23. The molecule has 1 aliphatic rings. The standard InChI is InChI=1S/C9H19NO2/c11-6-5-10-9-4-2-1-3-8(9)7-12/h8-12H,1-7H2/t8-,9+/m0/s1. The molecule has 3 heteroatoms. The van der Waals surface area contributed by atoms with Crippen LogP contribution in [0.3, 0.4) is 0 Å². The molecule has 0 bridgehead atoms. The van der Waals surface area contributed by atoms with E-state index in [0.29, 0.717) is 18.5 Å². The van der Waals surface area contributed by atoms with Crippen molar-refractivity contribution in [2.24, 2.45) is 5.92 Å². The van der Waals surface area contributed by atoms with Gasteiger partial charge in [0, 0.05) is 19.2 Å². The minimum absolute atomic E-state index is 0.189. The van der Waals surface area contributed by atoms with E-state index in [2.05, 4.69) is 5.32 Å². The predicted octanol–water partition coefficient (Wildman–Crippen LogP) is 0.119. The molecular weight excluding hydrogens is 154 g/mol. The van der Waals surface area contributed by atoms with Gasteiger partial charge in [-0.25, -0.2) is 0 Å². The van der Waals surface area contributed by atoms with E-state index in [1.165, 1.54) is 12.8 Å². The molecule has 3 N–H and O–H groups in total. The van der Waals surface area contributed by atoms with Crippen molar-refractivity contribution >= 4 is 0 Å². The smallest absolute Gasteiger partial charge is 0.0556 e. The Labute approximate surface area is 73.8 Å². The Bertz CT molecular complexity index is 119. The van der Waals surface area contributed by atoms with Crippen molar-refractivity contribution in [3.05, 3.63) is 0 Å². The fraction of sp³-hybridized carbons (Fsp3) is 1.00. The van der Waals surface area contributed by atoms with Crippen molar-refractivity contribution in [3.63, 3.8) is 0 Å². The van der Waals surface area contributed by atoms with Crippen LogP contribution in [0.2, 0.25) is 0 Å². The lowest BCUT2D eigenvalue weighted by Gasteiger charge is -2.30. The first-order valence-corrected chi connectivity index (χ1v) is 4.83. The van der Waals surface area contributed by atoms with Crippen molar-refractivity contribution in [2.75, 3.05) is 19.8 Å². The minimum atomic E-state index is 0.189. The van der Waals surface area contributed by atoms with E-state index in [1.807, 2.05) is 0 Å². The third kappa shape index (κ3) is 2.73. The second kappa shape index (κ2) is 5.51. The van der Waals surface area contributed by atoms with Crippen LogP contribution in [0.5, 0.6) is 0 Å². The highest BCUT2D eigenvalue weighted by Crippen LogP contribution is 2.23. The van der Waals surface area contributed by atoms with Gasteiger partial charge in [-0.15, -0.1) is 0 Å². The summed E-state index contributed by atoms with van der Waals surface area (Å²) < 4.78 is 0. The van der Waals surface area contributed by atoms with Crippen LogP contribution < -0.4 is 5.32 Å². The molecule has 12 heavy (non-hydrogen) atoms. The first kappa shape index (κ1) is 9.96. The molecule has 3 nitrogen and oxygen atoms in total. The Morgan fingerprint density at radius 3 is 2.58 bits per heavy atom. The maximum Gasteiger partial charge on any atom is 0.0556 e. The Morgan fingerprint density at radius 1 is 1.17 bits per heavy atom. The molecule has 0 aromatic carbocycles. The van der Waals surface area contributed by atoms with Crippen molar-refractivity contribution < 1.29 is 10.2 Å². The third-order valence-corrected chi connectivity index (χ3v) is 2.66. The SMILES string of the molecule is OCCN[C@@H]1CCCC[C@H]1CO. The molecule has 72 valence electrons. The van der Waals surface area contributed by atoms with E-state index in [-0.39, 0.29) is 13.2 Å². The molecule has 0 heterocycles. The van der Waals surface area contributed by atoms with Gasteiger partial charge in [0.1, 0.15) is 0 Å². The Kier molecular flexibility index (Phi) is 4.58. The molecule has 0 aromatic rings. The zero-order valence-corrected chi connectivity index (χ0v) is 7.50. The molecule has 1 saturated carbocycles. The molecule has 2 atom stereocenters. The fourth-order valence-electron chi connectivity index (χ4n) is 1.94. The van der Waals surface area contributed by atoms with E-state index in [1.54, 1.807) is 0 Å². The third-order valence-electron chi connectivity index (χ3n) is 2.66. The molecule has 0 spiro atoms. The van der Waals surface area contributed by atoms with Crippen LogP contribution >= 0.6 is 0 Å². The normalized spacial score (nSPS) is 30.5. The molecule has 1 rings (SSSR count). The van der Waals surface area contributed by atoms with Crippen LogP contribution in [-0.2, 0) is 0 Å². The number of rotatable bonds is 4. The van der Waals surface area contributed by atoms with E-state index < -0.39 is 0 Å². The maximum absolute atomic E-state index is 9.06. The zero-order chi connectivity index (χ0) is 8.81. The number of aliphatic hydroxyl groups is 2. The molecular formula is C9H19NO2. The van der Waals surface area contributed by atoms with Gasteiger partial charge in [-0.05, 0) is 18.8 Å². The fourth-order valence-corrected chi connectivity index (χ4v) is 1.94. The van der Waals surface area contributed by atoms with Crippen molar-refractivity contribution in [1.82, 2.24) is 5.32 Å². The number of hydrogen-bond acceptors (Lipinski definition) is 3. The lowest BCUT2D eigenvalue weighted by molar-refractivity contribution is 0.148. The summed E-state index contributed by atoms with van der Waals surface area (Å²) in [5.74, 6) is 0.408. The number of hydrogen-bond donors (Lipinski definition) is 3. The summed E-state index contributed by atoms with van der Waals surface area (Å²) in [4.78, 5) is 0. The molecule has 0 aromatic heterocycles. The van der Waals surface area contributed by atoms with Gasteiger partial charge in [0.2, 0.25) is 0 Å². The molecule has 0 radical (unpaired) electrons. The molecule has 0 amide bonds. The van der Waals surface area contributed by atoms with Gasteiger partial charge in [-0.3, -0.25) is 0 Å². The average Bonchev–Trinajstić information content (AvgIpc) is 2.15. The molecule has 0 saturated heterocycles. The van der Waals surface area contributed by atoms with E-state index >= 15 is 0 Å². The minimum Gasteiger partial charge on any atom is -0.396 e. The van der Waals surface area contributed by atoms with Crippen molar-refractivity contribution in [1.29, 1.82) is 0 Å². The summed E-state index contributed by atoms with van der Waals surface area (Å²) in [5, 5.41) is 21.0. The second-order valence-corrected chi connectivity index (χ2v) is 3.51. The lowest BCUT2D eigenvalue weighted by atomic mass is 9.85. The van der Waals surface area contributed by atoms with Crippen LogP contribution in [0.15, 0.2) is 0 Å². The van der Waals surface area contributed by atoms with Gasteiger partial charge >= 0.3 is 0 Å². The van der Waals surface area contributed by atoms with Crippen LogP contribution in [0.25, 0.3) is 0 Å². The van der Waals surface area contributed by atoms with Crippen LogP contribution in [0.1, 0.15) is 25.7 Å². The number of nitrogens with one attached hydrogen (secondary N) is 1. The highest BCUT2D eigenvalue weighted by atomic mass is 16.3. The van der Waals surface area contributed by atoms with Crippen LogP contribution in [0, 0.1) is 5.92 Å². The molecule has 1 fully saturated rings. The van der Waals surface area contributed by atoms with Gasteiger partial charge in [-0.2, -0.15) is 0 Å². The van der Waals surface area contributed by atoms with Crippen molar-refractivity contribution in [3.8, 4) is 0 Å². The second-order valence-electron chi connectivity index (χ2n) is 3.51. The average molecular weight is 173 g/mol. The first-order valence-electron chi connectivity index (χ1n) is 4.83. The maximum atomic E-state index is 9.06.